The van der Waals surface area contributed by atoms with Crippen molar-refractivity contribution in [3.63, 3.8) is 0 Å². The smallest absolute Gasteiger partial charge is 0.120 e. The van der Waals surface area contributed by atoms with E-state index in [9.17, 15) is 19.5 Å². The largest absolute Gasteiger partial charge is 0.393 e. The zero-order valence-corrected chi connectivity index (χ0v) is 20.5. The van der Waals surface area contributed by atoms with Crippen LogP contribution in [0.25, 0.3) is 0 Å². The van der Waals surface area contributed by atoms with E-state index < -0.39 is 27.5 Å². The van der Waals surface area contributed by atoms with E-state index >= 15 is 0 Å². The van der Waals surface area contributed by atoms with Crippen molar-refractivity contribution in [1.29, 1.82) is 0 Å². The molecule has 2 bridgehead atoms. The molecule has 2 saturated heterocycles. The van der Waals surface area contributed by atoms with Crippen LogP contribution in [0.4, 0.5) is 0 Å². The molecule has 8 atom stereocenters. The Morgan fingerprint density at radius 3 is 2.47 bits per heavy atom. The monoisotopic (exact) mass is 472 g/mol. The van der Waals surface area contributed by atoms with Crippen molar-refractivity contribution in [2.75, 3.05) is 18.9 Å². The van der Waals surface area contributed by atoms with E-state index in [0.29, 0.717) is 6.42 Å². The molecule has 3 fully saturated rings. The maximum absolute atomic E-state index is 13.7. The van der Waals surface area contributed by atoms with Crippen molar-refractivity contribution in [3.8, 4) is 0 Å². The van der Waals surface area contributed by atoms with Gasteiger partial charge in [-0.25, -0.2) is 8.57 Å². The van der Waals surface area contributed by atoms with E-state index in [1.165, 1.54) is 25.7 Å². The average molecular weight is 473 g/mol. The lowest BCUT2D eigenvalue weighted by molar-refractivity contribution is -0.221. The summed E-state index contributed by atoms with van der Waals surface area (Å²) in [6.07, 6.45) is 10.9. The number of fused-ring (bicyclic) bond motifs is 2. The fourth-order valence-corrected chi connectivity index (χ4v) is 9.24. The minimum atomic E-state index is -2.18. The van der Waals surface area contributed by atoms with Gasteiger partial charge in [0.05, 0.1) is 33.2 Å². The lowest BCUT2D eigenvalue weighted by Gasteiger charge is -2.45. The first kappa shape index (κ1) is 24.9. The van der Waals surface area contributed by atoms with Crippen molar-refractivity contribution >= 4 is 9.73 Å². The summed E-state index contributed by atoms with van der Waals surface area (Å²) in [6, 6.07) is -0.170. The second-order valence-corrected chi connectivity index (χ2v) is 13.9. The Morgan fingerprint density at radius 1 is 1.00 bits per heavy atom. The molecule has 186 valence electrons. The standard InChI is InChI=1S/C24H44N2O5S/c1-23(32(30)16-8-15-25-32)12-7-5-3-2-4-6-9-18(10-13-23)26-20-19-11-14-24(17-27,31-19)22(29)21(20)28/h18-22,26-29H,2-17H2,1H3/t18?,19-,20+,21-,22-,23?,24-,32?/m1/s1. The Balaban J connectivity index is 1.49. The van der Waals surface area contributed by atoms with E-state index in [2.05, 4.69) is 16.6 Å². The normalized spacial score (nSPS) is 48.6. The number of hydrogen-bond donors (Lipinski definition) is 4. The Labute approximate surface area is 193 Å². The van der Waals surface area contributed by atoms with E-state index in [1.807, 2.05) is 0 Å². The third-order valence-electron chi connectivity index (χ3n) is 8.74. The van der Waals surface area contributed by atoms with Gasteiger partial charge in [0, 0.05) is 18.3 Å². The molecule has 0 aromatic carbocycles. The van der Waals surface area contributed by atoms with Crippen LogP contribution in [0.3, 0.4) is 0 Å². The van der Waals surface area contributed by atoms with Gasteiger partial charge in [-0.3, -0.25) is 0 Å². The number of aliphatic hydroxyl groups excluding tert-OH is 3. The molecule has 0 radical (unpaired) electrons. The third kappa shape index (κ3) is 4.78. The van der Waals surface area contributed by atoms with E-state index in [4.69, 9.17) is 4.74 Å². The SMILES string of the molecule is CC1(S2(=O)=NCCC2)CCCCCCCCC(N[C@@H]2[C@@H](O)[C@@H](O)[C@]3(CO)CC[C@H]2O3)CC1. The van der Waals surface area contributed by atoms with Crippen LogP contribution in [0.2, 0.25) is 0 Å². The minimum absolute atomic E-state index is 0.177. The summed E-state index contributed by atoms with van der Waals surface area (Å²) in [5, 5.41) is 35.0. The van der Waals surface area contributed by atoms with Crippen LogP contribution < -0.4 is 5.32 Å². The number of nitrogens with zero attached hydrogens (tertiary/aromatic N) is 1. The molecule has 4 rings (SSSR count). The molecule has 1 aliphatic carbocycles. The van der Waals surface area contributed by atoms with Gasteiger partial charge >= 0.3 is 0 Å². The Bertz CT molecular complexity index is 757. The molecule has 32 heavy (non-hydrogen) atoms. The lowest BCUT2D eigenvalue weighted by atomic mass is 9.87. The minimum Gasteiger partial charge on any atom is -0.393 e. The van der Waals surface area contributed by atoms with Gasteiger partial charge in [-0.15, -0.1) is 0 Å². The van der Waals surface area contributed by atoms with Crippen molar-refractivity contribution in [2.45, 2.75) is 131 Å². The second kappa shape index (κ2) is 10.2. The van der Waals surface area contributed by atoms with Crippen LogP contribution in [-0.2, 0) is 14.5 Å². The number of nitrogens with one attached hydrogen (secondary N) is 1. The highest BCUT2D eigenvalue weighted by molar-refractivity contribution is 7.95. The van der Waals surface area contributed by atoms with Crippen LogP contribution in [0, 0.1) is 0 Å². The summed E-state index contributed by atoms with van der Waals surface area (Å²) < 4.78 is 24.2. The van der Waals surface area contributed by atoms with Crippen molar-refractivity contribution < 1.29 is 24.3 Å². The zero-order chi connectivity index (χ0) is 22.8. The topological polar surface area (TPSA) is 111 Å². The average Bonchev–Trinajstić information content (AvgIpc) is 3.41. The number of rotatable bonds is 4. The molecule has 0 aromatic heterocycles. The van der Waals surface area contributed by atoms with Crippen LogP contribution in [-0.4, -0.2) is 79.2 Å². The van der Waals surface area contributed by atoms with Gasteiger partial charge in [0.15, 0.2) is 0 Å². The summed E-state index contributed by atoms with van der Waals surface area (Å²) in [6.45, 7) is 2.66. The first-order valence-corrected chi connectivity index (χ1v) is 14.6. The second-order valence-electron chi connectivity index (χ2n) is 10.9. The third-order valence-corrected chi connectivity index (χ3v) is 12.1. The fourth-order valence-electron chi connectivity index (χ4n) is 6.46. The van der Waals surface area contributed by atoms with Crippen molar-refractivity contribution in [3.05, 3.63) is 0 Å². The molecular formula is C24H44N2O5S. The van der Waals surface area contributed by atoms with Gasteiger partial charge in [0.2, 0.25) is 0 Å². The molecule has 0 aromatic rings. The molecule has 0 amide bonds. The molecule has 1 saturated carbocycles. The number of hydrogen-bond acceptors (Lipinski definition) is 7. The number of aliphatic hydroxyl groups is 3. The van der Waals surface area contributed by atoms with Crippen molar-refractivity contribution in [1.82, 2.24) is 5.32 Å². The highest BCUT2D eigenvalue weighted by Gasteiger charge is 2.57. The van der Waals surface area contributed by atoms with Crippen LogP contribution >= 0.6 is 0 Å². The van der Waals surface area contributed by atoms with Gasteiger partial charge in [-0.05, 0) is 51.9 Å². The molecule has 7 nitrogen and oxygen atoms in total. The molecule has 3 heterocycles. The molecule has 4 N–H and O–H groups in total. The highest BCUT2D eigenvalue weighted by Crippen LogP contribution is 2.42. The Hall–Kier alpha value is -0.250. The van der Waals surface area contributed by atoms with Crippen LogP contribution in [0.15, 0.2) is 4.36 Å². The van der Waals surface area contributed by atoms with E-state index in [1.54, 1.807) is 0 Å². The van der Waals surface area contributed by atoms with Crippen LogP contribution in [0.5, 0.6) is 0 Å². The zero-order valence-electron chi connectivity index (χ0n) is 19.7. The van der Waals surface area contributed by atoms with Gasteiger partial charge in [0.25, 0.3) is 0 Å². The summed E-state index contributed by atoms with van der Waals surface area (Å²) >= 11 is 0. The molecule has 4 aliphatic rings. The van der Waals surface area contributed by atoms with Gasteiger partial charge in [-0.1, -0.05) is 38.5 Å². The predicted molar refractivity (Wildman–Crippen MR) is 126 cm³/mol. The first-order chi connectivity index (χ1) is 15.3. The van der Waals surface area contributed by atoms with E-state index in [-0.39, 0.29) is 29.5 Å². The Kier molecular flexibility index (Phi) is 7.90. The summed E-state index contributed by atoms with van der Waals surface area (Å²) in [5.41, 5.74) is -1.02. The quantitative estimate of drug-likeness (QED) is 0.500. The fraction of sp³-hybridized carbons (Fsp3) is 1.00. The van der Waals surface area contributed by atoms with Gasteiger partial charge < -0.3 is 25.4 Å². The molecule has 8 heteroatoms. The van der Waals surface area contributed by atoms with Gasteiger partial charge in [0.1, 0.15) is 17.8 Å². The van der Waals surface area contributed by atoms with Crippen molar-refractivity contribution in [2.24, 2.45) is 4.36 Å². The molecular weight excluding hydrogens is 428 g/mol. The molecule has 3 aliphatic heterocycles. The van der Waals surface area contributed by atoms with Gasteiger partial charge in [-0.2, -0.15) is 0 Å². The number of ether oxygens (including phenoxy) is 1. The summed E-state index contributed by atoms with van der Waals surface area (Å²) in [7, 11) is -2.18. The summed E-state index contributed by atoms with van der Waals surface area (Å²) in [4.78, 5) is 0. The van der Waals surface area contributed by atoms with Crippen LogP contribution in [0.1, 0.15) is 90.4 Å². The highest BCUT2D eigenvalue weighted by atomic mass is 32.2. The Morgan fingerprint density at radius 2 is 1.75 bits per heavy atom. The molecule has 3 unspecified atom stereocenters. The summed E-state index contributed by atoms with van der Waals surface area (Å²) in [5.74, 6) is 0.730. The predicted octanol–water partition coefficient (Wildman–Crippen LogP) is 2.50. The maximum atomic E-state index is 13.7. The maximum Gasteiger partial charge on any atom is 0.120 e. The van der Waals surface area contributed by atoms with E-state index in [0.717, 1.165) is 63.7 Å². The molecule has 0 spiro atoms. The lowest BCUT2D eigenvalue weighted by Crippen LogP contribution is -2.66. The first-order valence-electron chi connectivity index (χ1n) is 12.9.